The summed E-state index contributed by atoms with van der Waals surface area (Å²) in [6.07, 6.45) is 1.28. The number of benzene rings is 1. The number of fused-ring (bicyclic) bond motifs is 1. The van der Waals surface area contributed by atoms with Gasteiger partial charge in [-0.05, 0) is 34.8 Å². The Kier molecular flexibility index (Phi) is 2.24. The van der Waals surface area contributed by atoms with Crippen molar-refractivity contribution in [3.05, 3.63) is 27.7 Å². The van der Waals surface area contributed by atoms with Crippen LogP contribution in [0.2, 0.25) is 0 Å². The van der Waals surface area contributed by atoms with E-state index in [1.54, 1.807) is 0 Å². The van der Waals surface area contributed by atoms with Crippen LogP contribution in [0.15, 0.2) is 10.5 Å². The van der Waals surface area contributed by atoms with Gasteiger partial charge in [-0.1, -0.05) is 0 Å². The topological polar surface area (TPSA) is 9.23 Å². The molecule has 0 spiro atoms. The van der Waals surface area contributed by atoms with E-state index in [4.69, 9.17) is 4.74 Å². The molecular weight excluding hydrogens is 242 g/mol. The molecule has 2 rings (SSSR count). The van der Waals surface area contributed by atoms with Gasteiger partial charge in [0.1, 0.15) is 5.75 Å². The number of rotatable bonds is 0. The summed E-state index contributed by atoms with van der Waals surface area (Å²) in [5.74, 6) is -1.15. The van der Waals surface area contributed by atoms with Crippen molar-refractivity contribution < 1.29 is 13.5 Å². The zero-order chi connectivity index (χ0) is 9.42. The molecule has 70 valence electrons. The van der Waals surface area contributed by atoms with Gasteiger partial charge in [0, 0.05) is 5.56 Å². The van der Waals surface area contributed by atoms with E-state index >= 15 is 0 Å². The summed E-state index contributed by atoms with van der Waals surface area (Å²) in [7, 11) is 0. The highest BCUT2D eigenvalue weighted by molar-refractivity contribution is 9.10. The zero-order valence-electron chi connectivity index (χ0n) is 6.74. The maximum atomic E-state index is 13.2. The molecule has 13 heavy (non-hydrogen) atoms. The first kappa shape index (κ1) is 8.94. The van der Waals surface area contributed by atoms with Crippen LogP contribution in [0.4, 0.5) is 8.78 Å². The maximum Gasteiger partial charge on any atom is 0.165 e. The predicted molar refractivity (Wildman–Crippen MR) is 47.9 cm³/mol. The minimum absolute atomic E-state index is 0.345. The fraction of sp³-hybridized carbons (Fsp3) is 0.333. The van der Waals surface area contributed by atoms with E-state index in [0.717, 1.165) is 12.5 Å². The van der Waals surface area contributed by atoms with Crippen LogP contribution in [0.3, 0.4) is 0 Å². The highest BCUT2D eigenvalue weighted by Crippen LogP contribution is 2.35. The summed E-state index contributed by atoms with van der Waals surface area (Å²) in [6, 6.07) is 1.10. The fourth-order valence-corrected chi connectivity index (χ4v) is 1.99. The molecule has 0 aliphatic carbocycles. The van der Waals surface area contributed by atoms with Crippen LogP contribution in [0, 0.1) is 11.6 Å². The number of hydrogen-bond acceptors (Lipinski definition) is 1. The van der Waals surface area contributed by atoms with Gasteiger partial charge in [0.15, 0.2) is 11.6 Å². The first-order valence-electron chi connectivity index (χ1n) is 3.99. The Balaban J connectivity index is 2.63. The minimum Gasteiger partial charge on any atom is -0.492 e. The Labute approximate surface area is 82.8 Å². The molecule has 1 aliphatic rings. The van der Waals surface area contributed by atoms with Gasteiger partial charge in [0.2, 0.25) is 0 Å². The smallest absolute Gasteiger partial charge is 0.165 e. The van der Waals surface area contributed by atoms with Gasteiger partial charge < -0.3 is 4.74 Å². The molecule has 0 unspecified atom stereocenters. The SMILES string of the molecule is Fc1cc(Br)c2c(c1F)CCCO2. The maximum absolute atomic E-state index is 13.2. The second-order valence-corrected chi connectivity index (χ2v) is 3.77. The summed E-state index contributed by atoms with van der Waals surface area (Å²) in [6.45, 7) is 0.566. The Morgan fingerprint density at radius 3 is 2.92 bits per heavy atom. The first-order chi connectivity index (χ1) is 6.20. The van der Waals surface area contributed by atoms with Crippen molar-refractivity contribution in [2.24, 2.45) is 0 Å². The standard InChI is InChI=1S/C9H7BrF2O/c10-6-4-7(11)8(12)5-2-1-3-13-9(5)6/h4H,1-3H2. The molecule has 0 fully saturated rings. The van der Waals surface area contributed by atoms with Crippen LogP contribution in [0.5, 0.6) is 5.75 Å². The van der Waals surface area contributed by atoms with Crippen LogP contribution in [-0.4, -0.2) is 6.61 Å². The molecule has 1 aromatic carbocycles. The zero-order valence-corrected chi connectivity index (χ0v) is 8.33. The molecule has 0 radical (unpaired) electrons. The van der Waals surface area contributed by atoms with Gasteiger partial charge in [0.25, 0.3) is 0 Å². The Hall–Kier alpha value is -0.640. The average molecular weight is 249 g/mol. The first-order valence-corrected chi connectivity index (χ1v) is 4.78. The van der Waals surface area contributed by atoms with Crippen LogP contribution in [0.25, 0.3) is 0 Å². The van der Waals surface area contributed by atoms with Crippen molar-refractivity contribution >= 4 is 15.9 Å². The van der Waals surface area contributed by atoms with Gasteiger partial charge in [-0.3, -0.25) is 0 Å². The lowest BCUT2D eigenvalue weighted by Gasteiger charge is -2.19. The van der Waals surface area contributed by atoms with E-state index in [9.17, 15) is 8.78 Å². The van der Waals surface area contributed by atoms with Crippen molar-refractivity contribution in [3.63, 3.8) is 0 Å². The quantitative estimate of drug-likeness (QED) is 0.642. The van der Waals surface area contributed by atoms with Gasteiger partial charge in [-0.2, -0.15) is 0 Å². The minimum atomic E-state index is -0.823. The highest BCUT2D eigenvalue weighted by atomic mass is 79.9. The van der Waals surface area contributed by atoms with Crippen LogP contribution in [0.1, 0.15) is 12.0 Å². The predicted octanol–water partition coefficient (Wildman–Crippen LogP) is 3.05. The molecule has 1 heterocycles. The lowest BCUT2D eigenvalue weighted by molar-refractivity contribution is 0.279. The van der Waals surface area contributed by atoms with Crippen LogP contribution in [-0.2, 0) is 6.42 Å². The molecule has 0 atom stereocenters. The van der Waals surface area contributed by atoms with E-state index in [0.29, 0.717) is 28.8 Å². The molecule has 1 aliphatic heterocycles. The molecule has 4 heteroatoms. The molecule has 1 nitrogen and oxygen atoms in total. The average Bonchev–Trinajstić information content (AvgIpc) is 2.15. The molecule has 0 amide bonds. The van der Waals surface area contributed by atoms with Crippen molar-refractivity contribution in [3.8, 4) is 5.75 Å². The molecule has 1 aromatic rings. The van der Waals surface area contributed by atoms with E-state index in [-0.39, 0.29) is 0 Å². The molecule has 0 bridgehead atoms. The van der Waals surface area contributed by atoms with Crippen molar-refractivity contribution in [2.45, 2.75) is 12.8 Å². The molecule has 0 aromatic heterocycles. The van der Waals surface area contributed by atoms with Gasteiger partial charge in [-0.25, -0.2) is 8.78 Å². The third-order valence-electron chi connectivity index (χ3n) is 2.04. The van der Waals surface area contributed by atoms with Gasteiger partial charge >= 0.3 is 0 Å². The van der Waals surface area contributed by atoms with E-state index in [2.05, 4.69) is 15.9 Å². The van der Waals surface area contributed by atoms with Crippen molar-refractivity contribution in [2.75, 3.05) is 6.61 Å². The van der Waals surface area contributed by atoms with E-state index < -0.39 is 11.6 Å². The van der Waals surface area contributed by atoms with Crippen molar-refractivity contribution in [1.82, 2.24) is 0 Å². The largest absolute Gasteiger partial charge is 0.492 e. The van der Waals surface area contributed by atoms with Gasteiger partial charge in [0.05, 0.1) is 11.1 Å². The number of halogens is 3. The molecule has 0 saturated heterocycles. The molecule has 0 saturated carbocycles. The second-order valence-electron chi connectivity index (χ2n) is 2.91. The summed E-state index contributed by atoms with van der Waals surface area (Å²) in [5.41, 5.74) is 0.345. The third kappa shape index (κ3) is 1.43. The second kappa shape index (κ2) is 3.25. The summed E-state index contributed by atoms with van der Waals surface area (Å²) in [5, 5.41) is 0. The van der Waals surface area contributed by atoms with Crippen LogP contribution < -0.4 is 4.74 Å². The Morgan fingerprint density at radius 1 is 1.38 bits per heavy atom. The molecular formula is C9H7BrF2O. The van der Waals surface area contributed by atoms with E-state index in [1.165, 1.54) is 0 Å². The summed E-state index contributed by atoms with van der Waals surface area (Å²) >= 11 is 3.14. The summed E-state index contributed by atoms with van der Waals surface area (Å²) < 4.78 is 31.8. The van der Waals surface area contributed by atoms with Crippen molar-refractivity contribution in [1.29, 1.82) is 0 Å². The lowest BCUT2D eigenvalue weighted by atomic mass is 10.1. The normalized spacial score (nSPS) is 15.0. The molecule has 0 N–H and O–H groups in total. The Morgan fingerprint density at radius 2 is 2.15 bits per heavy atom. The Bertz CT molecular complexity index is 352. The number of ether oxygens (including phenoxy) is 1. The van der Waals surface area contributed by atoms with Gasteiger partial charge in [-0.15, -0.1) is 0 Å². The van der Waals surface area contributed by atoms with Crippen LogP contribution >= 0.6 is 15.9 Å². The highest BCUT2D eigenvalue weighted by Gasteiger charge is 2.21. The lowest BCUT2D eigenvalue weighted by Crippen LogP contribution is -2.11. The van der Waals surface area contributed by atoms with E-state index in [1.807, 2.05) is 0 Å². The fourth-order valence-electron chi connectivity index (χ4n) is 1.43. The summed E-state index contributed by atoms with van der Waals surface area (Å²) in [4.78, 5) is 0. The third-order valence-corrected chi connectivity index (χ3v) is 2.63. The monoisotopic (exact) mass is 248 g/mol. The number of hydrogen-bond donors (Lipinski definition) is 0.